The molecule has 10 heavy (non-hydrogen) atoms. The zero-order chi connectivity index (χ0) is 7.56. The zero-order valence-corrected chi connectivity index (χ0v) is 5.13. The Labute approximate surface area is 56.3 Å². The minimum Gasteiger partial charge on any atom is -0.475 e. The summed E-state index contributed by atoms with van der Waals surface area (Å²) in [6, 6.07) is -0.496. The number of alkyl halides is 2. The molecule has 3 nitrogen and oxygen atoms in total. The molecule has 1 rings (SSSR count). The van der Waals surface area contributed by atoms with E-state index in [0.29, 0.717) is 0 Å². The third-order valence-electron chi connectivity index (χ3n) is 1.13. The number of hydrogen-bond acceptors (Lipinski definition) is 3. The second-order valence-electron chi connectivity index (χ2n) is 1.92. The molecule has 1 heterocycles. The number of aliphatic imine (C=N–C) groups is 1. The Balaban J connectivity index is 2.48. The minimum atomic E-state index is -2.66. The van der Waals surface area contributed by atoms with Crippen molar-refractivity contribution in [1.82, 2.24) is 0 Å². The highest BCUT2D eigenvalue weighted by Gasteiger charge is 2.24. The van der Waals surface area contributed by atoms with E-state index in [9.17, 15) is 8.78 Å². The smallest absolute Gasteiger partial charge is 0.312 e. The Hall–Kier alpha value is -0.710. The highest BCUT2D eigenvalue weighted by molar-refractivity contribution is 5.80. The summed E-state index contributed by atoms with van der Waals surface area (Å²) in [4.78, 5) is 3.40. The molecular formula is C5H7F2NO2. The summed E-state index contributed by atoms with van der Waals surface area (Å²) in [5.74, 6) is -0.556. The van der Waals surface area contributed by atoms with Crippen LogP contribution in [-0.4, -0.2) is 36.7 Å². The van der Waals surface area contributed by atoms with E-state index in [1.165, 1.54) is 0 Å². The average Bonchev–Trinajstić information content (AvgIpc) is 2.34. The molecule has 5 heteroatoms. The van der Waals surface area contributed by atoms with E-state index in [2.05, 4.69) is 9.73 Å². The quantitative estimate of drug-likeness (QED) is 0.605. The second kappa shape index (κ2) is 2.92. The second-order valence-corrected chi connectivity index (χ2v) is 1.92. The maximum atomic E-state index is 11.7. The summed E-state index contributed by atoms with van der Waals surface area (Å²) in [5.41, 5.74) is 0. The van der Waals surface area contributed by atoms with Crippen molar-refractivity contribution in [2.75, 3.05) is 13.2 Å². The van der Waals surface area contributed by atoms with Crippen LogP contribution in [0.5, 0.6) is 0 Å². The van der Waals surface area contributed by atoms with Gasteiger partial charge in [0.2, 0.25) is 0 Å². The molecular weight excluding hydrogens is 144 g/mol. The molecule has 0 aliphatic carbocycles. The number of aliphatic hydroxyl groups is 1. The lowest BCUT2D eigenvalue weighted by atomic mass is 10.4. The van der Waals surface area contributed by atoms with Gasteiger partial charge in [-0.25, -0.2) is 4.99 Å². The number of ether oxygens (including phenoxy) is 1. The molecule has 0 radical (unpaired) electrons. The lowest BCUT2D eigenvalue weighted by Gasteiger charge is -1.96. The lowest BCUT2D eigenvalue weighted by molar-refractivity contribution is 0.172. The van der Waals surface area contributed by atoms with Crippen LogP contribution in [0.4, 0.5) is 8.78 Å². The summed E-state index contributed by atoms with van der Waals surface area (Å²) >= 11 is 0. The average molecular weight is 151 g/mol. The van der Waals surface area contributed by atoms with Crippen LogP contribution in [0.25, 0.3) is 0 Å². The van der Waals surface area contributed by atoms with Crippen LogP contribution in [0.15, 0.2) is 4.99 Å². The molecule has 0 aromatic carbocycles. The third kappa shape index (κ3) is 1.41. The van der Waals surface area contributed by atoms with Crippen molar-refractivity contribution in [3.05, 3.63) is 0 Å². The van der Waals surface area contributed by atoms with Crippen LogP contribution in [0.1, 0.15) is 0 Å². The molecule has 0 aromatic rings. The SMILES string of the molecule is OCC1COC(C(F)F)=N1. The predicted molar refractivity (Wildman–Crippen MR) is 30.3 cm³/mol. The maximum absolute atomic E-state index is 11.7. The Bertz CT molecular complexity index is 149. The monoisotopic (exact) mass is 151 g/mol. The van der Waals surface area contributed by atoms with E-state index in [4.69, 9.17) is 5.11 Å². The van der Waals surface area contributed by atoms with E-state index < -0.39 is 18.4 Å². The minimum absolute atomic E-state index is 0.0656. The van der Waals surface area contributed by atoms with Gasteiger partial charge in [0.25, 0.3) is 5.90 Å². The number of halogens is 2. The largest absolute Gasteiger partial charge is 0.475 e. The first kappa shape index (κ1) is 7.40. The number of aliphatic hydroxyl groups excluding tert-OH is 1. The Morgan fingerprint density at radius 2 is 2.50 bits per heavy atom. The molecule has 1 aliphatic heterocycles. The van der Waals surface area contributed by atoms with Crippen LogP contribution < -0.4 is 0 Å². The van der Waals surface area contributed by atoms with Gasteiger partial charge in [-0.05, 0) is 0 Å². The topological polar surface area (TPSA) is 41.8 Å². The first-order chi connectivity index (χ1) is 4.74. The number of hydrogen-bond donors (Lipinski definition) is 1. The van der Waals surface area contributed by atoms with Crippen molar-refractivity contribution in [3.8, 4) is 0 Å². The highest BCUT2D eigenvalue weighted by Crippen LogP contribution is 2.09. The van der Waals surface area contributed by atoms with Crippen LogP contribution >= 0.6 is 0 Å². The zero-order valence-electron chi connectivity index (χ0n) is 5.13. The van der Waals surface area contributed by atoms with Crippen molar-refractivity contribution in [3.63, 3.8) is 0 Å². The van der Waals surface area contributed by atoms with Gasteiger partial charge < -0.3 is 9.84 Å². The van der Waals surface area contributed by atoms with E-state index in [-0.39, 0.29) is 13.2 Å². The summed E-state index contributed by atoms with van der Waals surface area (Å²) < 4.78 is 27.9. The number of nitrogens with zero attached hydrogens (tertiary/aromatic N) is 1. The van der Waals surface area contributed by atoms with Crippen LogP contribution in [0, 0.1) is 0 Å². The van der Waals surface area contributed by atoms with Crippen LogP contribution in [0.2, 0.25) is 0 Å². The van der Waals surface area contributed by atoms with Gasteiger partial charge >= 0.3 is 6.43 Å². The first-order valence-electron chi connectivity index (χ1n) is 2.83. The lowest BCUT2D eigenvalue weighted by Crippen LogP contribution is -2.11. The van der Waals surface area contributed by atoms with Crippen molar-refractivity contribution in [2.24, 2.45) is 4.99 Å². The third-order valence-corrected chi connectivity index (χ3v) is 1.13. The summed E-state index contributed by atoms with van der Waals surface area (Å²) in [5, 5.41) is 8.43. The normalized spacial score (nSPS) is 24.8. The van der Waals surface area contributed by atoms with Crippen LogP contribution in [-0.2, 0) is 4.74 Å². The Kier molecular flexibility index (Phi) is 2.16. The molecule has 0 saturated carbocycles. The molecule has 58 valence electrons. The van der Waals surface area contributed by atoms with E-state index in [1.54, 1.807) is 0 Å². The molecule has 0 amide bonds. The summed E-state index contributed by atoms with van der Waals surface area (Å²) in [6.45, 7) is -0.174. The molecule has 0 fully saturated rings. The van der Waals surface area contributed by atoms with E-state index in [1.807, 2.05) is 0 Å². The molecule has 0 spiro atoms. The van der Waals surface area contributed by atoms with Gasteiger partial charge in [0, 0.05) is 0 Å². The number of rotatable bonds is 2. The van der Waals surface area contributed by atoms with E-state index in [0.717, 1.165) is 0 Å². The fraction of sp³-hybridized carbons (Fsp3) is 0.800. The van der Waals surface area contributed by atoms with Gasteiger partial charge in [0.05, 0.1) is 6.61 Å². The van der Waals surface area contributed by atoms with Crippen LogP contribution in [0.3, 0.4) is 0 Å². The van der Waals surface area contributed by atoms with Gasteiger partial charge in [0.1, 0.15) is 12.6 Å². The predicted octanol–water partition coefficient (Wildman–Crippen LogP) is 0.0411. The van der Waals surface area contributed by atoms with Crippen molar-refractivity contribution >= 4 is 5.90 Å². The van der Waals surface area contributed by atoms with Gasteiger partial charge in [-0.15, -0.1) is 0 Å². The Morgan fingerprint density at radius 1 is 1.80 bits per heavy atom. The molecule has 0 aromatic heterocycles. The molecule has 1 N–H and O–H groups in total. The van der Waals surface area contributed by atoms with Crippen molar-refractivity contribution < 1.29 is 18.6 Å². The summed E-state index contributed by atoms with van der Waals surface area (Å²) in [6.07, 6.45) is -2.66. The molecule has 1 unspecified atom stereocenters. The van der Waals surface area contributed by atoms with Gasteiger partial charge in [-0.2, -0.15) is 8.78 Å². The molecule has 0 bridgehead atoms. The van der Waals surface area contributed by atoms with Gasteiger partial charge in [-0.3, -0.25) is 0 Å². The molecule has 1 aliphatic rings. The van der Waals surface area contributed by atoms with Gasteiger partial charge in [0.15, 0.2) is 0 Å². The van der Waals surface area contributed by atoms with Crippen molar-refractivity contribution in [2.45, 2.75) is 12.5 Å². The highest BCUT2D eigenvalue weighted by atomic mass is 19.3. The standard InChI is InChI=1S/C5H7F2NO2/c6-4(7)5-8-3(1-9)2-10-5/h3-4,9H,1-2H2. The van der Waals surface area contributed by atoms with E-state index >= 15 is 0 Å². The molecule has 1 atom stereocenters. The summed E-state index contributed by atoms with van der Waals surface area (Å²) in [7, 11) is 0. The Morgan fingerprint density at radius 3 is 2.80 bits per heavy atom. The first-order valence-corrected chi connectivity index (χ1v) is 2.83. The van der Waals surface area contributed by atoms with Gasteiger partial charge in [-0.1, -0.05) is 0 Å². The molecule has 0 saturated heterocycles. The fourth-order valence-corrected chi connectivity index (χ4v) is 0.649. The fourth-order valence-electron chi connectivity index (χ4n) is 0.649. The maximum Gasteiger partial charge on any atom is 0.312 e. The van der Waals surface area contributed by atoms with Crippen molar-refractivity contribution in [1.29, 1.82) is 0 Å².